The Kier molecular flexibility index (Phi) is 10.1. The van der Waals surface area contributed by atoms with Crippen LogP contribution >= 0.6 is 45.2 Å². The molecule has 0 aromatic heterocycles. The summed E-state index contributed by atoms with van der Waals surface area (Å²) in [5.74, 6) is -0.335. The molecule has 0 saturated heterocycles. The van der Waals surface area contributed by atoms with Crippen molar-refractivity contribution < 1.29 is 9.59 Å². The molecule has 0 atom stereocenters. The number of nitrogens with zero attached hydrogens (tertiary/aromatic N) is 2. The predicted molar refractivity (Wildman–Crippen MR) is 128 cm³/mol. The summed E-state index contributed by atoms with van der Waals surface area (Å²) in [6.45, 7) is 0. The highest BCUT2D eigenvalue weighted by Crippen LogP contribution is 2.09. The molecule has 8 heteroatoms. The van der Waals surface area contributed by atoms with E-state index in [9.17, 15) is 9.59 Å². The van der Waals surface area contributed by atoms with E-state index in [2.05, 4.69) is 66.2 Å². The molecular formula is C20H20I2N4O2. The van der Waals surface area contributed by atoms with Crippen molar-refractivity contribution in [3.63, 3.8) is 0 Å². The third kappa shape index (κ3) is 8.46. The lowest BCUT2D eigenvalue weighted by Gasteiger charge is -2.02. The minimum absolute atomic E-state index is 0.167. The molecule has 2 aromatic rings. The maximum Gasteiger partial charge on any atom is 0.240 e. The van der Waals surface area contributed by atoms with E-state index in [-0.39, 0.29) is 11.8 Å². The van der Waals surface area contributed by atoms with Crippen LogP contribution in [0, 0.1) is 7.14 Å². The Labute approximate surface area is 191 Å². The number of nitrogens with one attached hydrogen (secondary N) is 2. The largest absolute Gasteiger partial charge is 0.273 e. The Hall–Kier alpha value is -1.82. The van der Waals surface area contributed by atoms with Crippen molar-refractivity contribution in [2.24, 2.45) is 10.2 Å². The first-order chi connectivity index (χ1) is 13.6. The second-order valence-corrected chi connectivity index (χ2v) is 8.16. The van der Waals surface area contributed by atoms with Crippen LogP contribution in [-0.2, 0) is 9.59 Å². The van der Waals surface area contributed by atoms with Gasteiger partial charge in [0.15, 0.2) is 0 Å². The van der Waals surface area contributed by atoms with Gasteiger partial charge in [-0.15, -0.1) is 0 Å². The van der Waals surface area contributed by atoms with E-state index in [1.807, 2.05) is 48.5 Å². The van der Waals surface area contributed by atoms with Crippen molar-refractivity contribution >= 4 is 69.4 Å². The van der Waals surface area contributed by atoms with Crippen molar-refractivity contribution in [3.05, 3.63) is 66.8 Å². The summed E-state index contributed by atoms with van der Waals surface area (Å²) in [5.41, 5.74) is 6.91. The molecule has 0 unspecified atom stereocenters. The standard InChI is InChI=1S/C20H20I2N4O2/c21-17-9-3-1-7-15(17)13-23-25-19(27)11-5-6-12-20(28)26-24-14-16-8-2-4-10-18(16)22/h1-4,7-10,13-14H,5-6,11-12H2,(H,25,27)(H,26,28). The van der Waals surface area contributed by atoms with Gasteiger partial charge >= 0.3 is 0 Å². The fourth-order valence-corrected chi connectivity index (χ4v) is 3.24. The molecule has 0 aliphatic carbocycles. The summed E-state index contributed by atoms with van der Waals surface area (Å²) in [4.78, 5) is 23.5. The lowest BCUT2D eigenvalue weighted by atomic mass is 10.2. The topological polar surface area (TPSA) is 82.9 Å². The number of rotatable bonds is 9. The minimum Gasteiger partial charge on any atom is -0.273 e. The SMILES string of the molecule is O=C(CCCCC(=O)NN=Cc1ccccc1I)NN=Cc1ccccc1I. The van der Waals surface area contributed by atoms with Crippen LogP contribution in [0.25, 0.3) is 0 Å². The van der Waals surface area contributed by atoms with Gasteiger partial charge in [0.2, 0.25) is 11.8 Å². The molecule has 2 aromatic carbocycles. The molecule has 28 heavy (non-hydrogen) atoms. The number of halogens is 2. The van der Waals surface area contributed by atoms with Gasteiger partial charge in [-0.05, 0) is 70.2 Å². The normalized spacial score (nSPS) is 11.1. The fraction of sp³-hybridized carbons (Fsp3) is 0.200. The first-order valence-corrected chi connectivity index (χ1v) is 10.8. The lowest BCUT2D eigenvalue weighted by Crippen LogP contribution is -2.19. The first kappa shape index (κ1) is 22.5. The molecular weight excluding hydrogens is 582 g/mol. The molecule has 0 radical (unpaired) electrons. The Morgan fingerprint density at radius 1 is 0.750 bits per heavy atom. The molecule has 146 valence electrons. The molecule has 0 bridgehead atoms. The van der Waals surface area contributed by atoms with Crippen LogP contribution < -0.4 is 10.9 Å². The maximum absolute atomic E-state index is 11.8. The van der Waals surface area contributed by atoms with Gasteiger partial charge in [-0.1, -0.05) is 36.4 Å². The summed E-state index contributed by atoms with van der Waals surface area (Å²) >= 11 is 4.43. The highest BCUT2D eigenvalue weighted by molar-refractivity contribution is 14.1. The molecule has 2 rings (SSSR count). The quantitative estimate of drug-likeness (QED) is 0.197. The molecule has 2 amide bonds. The van der Waals surface area contributed by atoms with Crippen molar-refractivity contribution in [1.29, 1.82) is 0 Å². The van der Waals surface area contributed by atoms with Crippen LogP contribution in [0.4, 0.5) is 0 Å². The Morgan fingerprint density at radius 3 is 1.54 bits per heavy atom. The van der Waals surface area contributed by atoms with Gasteiger partial charge in [0, 0.05) is 31.1 Å². The second-order valence-electron chi connectivity index (χ2n) is 5.84. The van der Waals surface area contributed by atoms with Crippen molar-refractivity contribution in [2.45, 2.75) is 25.7 Å². The van der Waals surface area contributed by atoms with E-state index in [1.165, 1.54) is 0 Å². The van der Waals surface area contributed by atoms with Gasteiger partial charge < -0.3 is 0 Å². The maximum atomic E-state index is 11.8. The van der Waals surface area contributed by atoms with Gasteiger partial charge in [0.1, 0.15) is 0 Å². The predicted octanol–water partition coefficient (Wildman–Crippen LogP) is 4.06. The summed E-state index contributed by atoms with van der Waals surface area (Å²) in [6.07, 6.45) is 5.11. The third-order valence-corrected chi connectivity index (χ3v) is 5.62. The third-order valence-electron chi connectivity index (χ3n) is 3.65. The zero-order valence-corrected chi connectivity index (χ0v) is 19.4. The number of amides is 2. The van der Waals surface area contributed by atoms with Crippen LogP contribution in [0.2, 0.25) is 0 Å². The van der Waals surface area contributed by atoms with E-state index in [4.69, 9.17) is 0 Å². The highest BCUT2D eigenvalue weighted by Gasteiger charge is 2.03. The van der Waals surface area contributed by atoms with Crippen LogP contribution in [0.5, 0.6) is 0 Å². The molecule has 0 aliphatic rings. The Balaban J connectivity index is 1.60. The molecule has 6 nitrogen and oxygen atoms in total. The van der Waals surface area contributed by atoms with E-state index in [0.29, 0.717) is 25.7 Å². The van der Waals surface area contributed by atoms with Gasteiger partial charge in [0.05, 0.1) is 12.4 Å². The van der Waals surface area contributed by atoms with Crippen molar-refractivity contribution in [3.8, 4) is 0 Å². The number of benzene rings is 2. The second kappa shape index (κ2) is 12.6. The Morgan fingerprint density at radius 2 is 1.14 bits per heavy atom. The van der Waals surface area contributed by atoms with Crippen molar-refractivity contribution in [1.82, 2.24) is 10.9 Å². The van der Waals surface area contributed by atoms with Crippen LogP contribution in [0.1, 0.15) is 36.8 Å². The number of hydrogen-bond donors (Lipinski definition) is 2. The number of hydrazone groups is 2. The van der Waals surface area contributed by atoms with E-state index >= 15 is 0 Å². The summed E-state index contributed by atoms with van der Waals surface area (Å²) in [5, 5.41) is 7.93. The average Bonchev–Trinajstić information content (AvgIpc) is 2.68. The van der Waals surface area contributed by atoms with Gasteiger partial charge in [-0.2, -0.15) is 10.2 Å². The van der Waals surface area contributed by atoms with Crippen LogP contribution in [0.3, 0.4) is 0 Å². The average molecular weight is 602 g/mol. The number of carbonyl (C=O) groups is 2. The molecule has 0 spiro atoms. The number of unbranched alkanes of at least 4 members (excludes halogenated alkanes) is 1. The first-order valence-electron chi connectivity index (χ1n) is 8.69. The monoisotopic (exact) mass is 602 g/mol. The van der Waals surface area contributed by atoms with Gasteiger partial charge in [0.25, 0.3) is 0 Å². The number of hydrogen-bond acceptors (Lipinski definition) is 4. The zero-order chi connectivity index (χ0) is 20.2. The van der Waals surface area contributed by atoms with Gasteiger partial charge in [-0.3, -0.25) is 9.59 Å². The molecule has 0 heterocycles. The molecule has 2 N–H and O–H groups in total. The van der Waals surface area contributed by atoms with Crippen LogP contribution in [0.15, 0.2) is 58.7 Å². The van der Waals surface area contributed by atoms with Gasteiger partial charge in [-0.25, -0.2) is 10.9 Å². The van der Waals surface area contributed by atoms with Crippen LogP contribution in [-0.4, -0.2) is 24.2 Å². The minimum atomic E-state index is -0.167. The summed E-state index contributed by atoms with van der Waals surface area (Å²) < 4.78 is 2.13. The molecule has 0 saturated carbocycles. The van der Waals surface area contributed by atoms with E-state index < -0.39 is 0 Å². The zero-order valence-electron chi connectivity index (χ0n) is 15.1. The Bertz CT molecular complexity index is 797. The summed E-state index contributed by atoms with van der Waals surface area (Å²) in [6, 6.07) is 15.5. The fourth-order valence-electron chi connectivity index (χ4n) is 2.19. The van der Waals surface area contributed by atoms with Crippen molar-refractivity contribution in [2.75, 3.05) is 0 Å². The lowest BCUT2D eigenvalue weighted by molar-refractivity contribution is -0.123. The van der Waals surface area contributed by atoms with E-state index in [0.717, 1.165) is 18.3 Å². The smallest absolute Gasteiger partial charge is 0.240 e. The van der Waals surface area contributed by atoms with E-state index in [1.54, 1.807) is 12.4 Å². The summed E-state index contributed by atoms with van der Waals surface area (Å²) in [7, 11) is 0. The molecule has 0 aliphatic heterocycles. The number of carbonyl (C=O) groups excluding carboxylic acids is 2. The highest BCUT2D eigenvalue weighted by atomic mass is 127. The molecule has 0 fully saturated rings.